The van der Waals surface area contributed by atoms with Crippen molar-refractivity contribution in [3.05, 3.63) is 46.5 Å². The third-order valence-corrected chi connectivity index (χ3v) is 3.37. The number of rotatable bonds is 4. The number of hydrogen-bond acceptors (Lipinski definition) is 5. The lowest BCUT2D eigenvalue weighted by atomic mass is 10.1. The van der Waals surface area contributed by atoms with Gasteiger partial charge in [0.1, 0.15) is 5.75 Å². The molecular weight excluding hydrogens is 270 g/mol. The highest BCUT2D eigenvalue weighted by Gasteiger charge is 2.26. The maximum atomic E-state index is 12.3. The number of nitrogen functional groups attached to an aromatic ring is 1. The Balaban J connectivity index is 1.99. The van der Waals surface area contributed by atoms with Crippen LogP contribution in [-0.2, 0) is 0 Å². The number of carbonyl (C=O) groups is 1. The zero-order valence-electron chi connectivity index (χ0n) is 11.6. The molecule has 1 aromatic carbocycles. The molecule has 1 aliphatic carbocycles. The molecule has 2 aromatic rings. The zero-order valence-corrected chi connectivity index (χ0v) is 11.6. The summed E-state index contributed by atoms with van der Waals surface area (Å²) in [6.07, 6.45) is 5.16. The number of benzene rings is 1. The van der Waals surface area contributed by atoms with Crippen molar-refractivity contribution >= 4 is 11.5 Å². The maximum absolute atomic E-state index is 12.3. The number of Topliss-reactive ketones (excluding diaryl/α,β-unsaturated/α-hetero) is 1. The predicted octanol–water partition coefficient (Wildman–Crippen LogP) is 2.16. The molecule has 21 heavy (non-hydrogen) atoms. The van der Waals surface area contributed by atoms with Crippen LogP contribution in [0.1, 0.15) is 36.2 Å². The number of carbonyl (C=O) groups excluding carboxylic acids is 1. The highest BCUT2D eigenvalue weighted by molar-refractivity contribution is 5.97. The summed E-state index contributed by atoms with van der Waals surface area (Å²) in [6, 6.07) is 4.95. The minimum atomic E-state index is -0.286. The quantitative estimate of drug-likeness (QED) is 0.687. The van der Waals surface area contributed by atoms with Crippen molar-refractivity contribution in [3.63, 3.8) is 0 Å². The summed E-state index contributed by atoms with van der Waals surface area (Å²) in [4.78, 5) is 27.9. The average Bonchev–Trinajstić information content (AvgIpc) is 3.27. The molecule has 6 heteroatoms. The SMILES string of the molecule is CC(=O)c1cc(N)ccc1Oc1nccn(C2CC2)c1=O. The van der Waals surface area contributed by atoms with Crippen LogP contribution in [0.15, 0.2) is 35.4 Å². The van der Waals surface area contributed by atoms with Crippen LogP contribution >= 0.6 is 0 Å². The molecule has 3 rings (SSSR count). The fourth-order valence-electron chi connectivity index (χ4n) is 2.13. The molecule has 0 bridgehead atoms. The zero-order chi connectivity index (χ0) is 15.0. The Kier molecular flexibility index (Phi) is 3.21. The summed E-state index contributed by atoms with van der Waals surface area (Å²) in [5, 5.41) is 0. The molecule has 0 unspecified atom stereocenters. The van der Waals surface area contributed by atoms with E-state index in [1.165, 1.54) is 19.2 Å². The van der Waals surface area contributed by atoms with Gasteiger partial charge in [0, 0.05) is 24.1 Å². The van der Waals surface area contributed by atoms with E-state index >= 15 is 0 Å². The second-order valence-corrected chi connectivity index (χ2v) is 5.09. The lowest BCUT2D eigenvalue weighted by Gasteiger charge is -2.10. The van der Waals surface area contributed by atoms with Crippen molar-refractivity contribution in [1.82, 2.24) is 9.55 Å². The van der Waals surface area contributed by atoms with Crippen molar-refractivity contribution in [2.24, 2.45) is 0 Å². The van der Waals surface area contributed by atoms with Gasteiger partial charge in [-0.2, -0.15) is 0 Å². The van der Waals surface area contributed by atoms with E-state index in [-0.39, 0.29) is 29.0 Å². The lowest BCUT2D eigenvalue weighted by Crippen LogP contribution is -2.20. The van der Waals surface area contributed by atoms with E-state index in [0.29, 0.717) is 11.3 Å². The van der Waals surface area contributed by atoms with Gasteiger partial charge in [-0.1, -0.05) is 0 Å². The summed E-state index contributed by atoms with van der Waals surface area (Å²) >= 11 is 0. The van der Waals surface area contributed by atoms with Gasteiger partial charge in [0.25, 0.3) is 5.88 Å². The van der Waals surface area contributed by atoms with E-state index in [4.69, 9.17) is 10.5 Å². The minimum absolute atomic E-state index is 0.0309. The minimum Gasteiger partial charge on any atom is -0.434 e. The second-order valence-electron chi connectivity index (χ2n) is 5.09. The molecule has 108 valence electrons. The van der Waals surface area contributed by atoms with Crippen LogP contribution in [-0.4, -0.2) is 15.3 Å². The number of ketones is 1. The molecule has 1 aliphatic rings. The second kappa shape index (κ2) is 5.05. The number of hydrogen-bond donors (Lipinski definition) is 1. The third kappa shape index (κ3) is 2.65. The summed E-state index contributed by atoms with van der Waals surface area (Å²) in [5.74, 6) is 0.0715. The van der Waals surface area contributed by atoms with E-state index < -0.39 is 0 Å². The molecule has 0 spiro atoms. The van der Waals surface area contributed by atoms with Crippen molar-refractivity contribution in [2.45, 2.75) is 25.8 Å². The summed E-state index contributed by atoms with van der Waals surface area (Å²) < 4.78 is 7.17. The highest BCUT2D eigenvalue weighted by atomic mass is 16.5. The van der Waals surface area contributed by atoms with Crippen LogP contribution in [0.25, 0.3) is 0 Å². The number of nitrogens with two attached hydrogens (primary N) is 1. The molecule has 0 radical (unpaired) electrons. The normalized spacial score (nSPS) is 14.0. The van der Waals surface area contributed by atoms with Gasteiger partial charge in [0.05, 0.1) is 5.56 Å². The van der Waals surface area contributed by atoms with Gasteiger partial charge in [-0.25, -0.2) is 4.98 Å². The van der Waals surface area contributed by atoms with Gasteiger partial charge in [0.15, 0.2) is 5.78 Å². The number of anilines is 1. The first-order chi connectivity index (χ1) is 10.1. The molecule has 6 nitrogen and oxygen atoms in total. The lowest BCUT2D eigenvalue weighted by molar-refractivity contribution is 0.101. The summed E-state index contributed by atoms with van der Waals surface area (Å²) in [6.45, 7) is 1.42. The smallest absolute Gasteiger partial charge is 0.313 e. The fourth-order valence-corrected chi connectivity index (χ4v) is 2.13. The maximum Gasteiger partial charge on any atom is 0.313 e. The number of aromatic nitrogens is 2. The molecule has 1 fully saturated rings. The molecule has 0 atom stereocenters. The van der Waals surface area contributed by atoms with E-state index in [2.05, 4.69) is 4.98 Å². The van der Waals surface area contributed by atoms with E-state index in [9.17, 15) is 9.59 Å². The Morgan fingerprint density at radius 1 is 1.43 bits per heavy atom. The van der Waals surface area contributed by atoms with Crippen molar-refractivity contribution < 1.29 is 9.53 Å². The molecule has 1 saturated carbocycles. The van der Waals surface area contributed by atoms with Gasteiger partial charge < -0.3 is 15.0 Å². The van der Waals surface area contributed by atoms with E-state index in [1.54, 1.807) is 22.9 Å². The number of nitrogens with zero attached hydrogens (tertiary/aromatic N) is 2. The van der Waals surface area contributed by atoms with Gasteiger partial charge in [0.2, 0.25) is 0 Å². The predicted molar refractivity (Wildman–Crippen MR) is 77.7 cm³/mol. The molecule has 2 N–H and O–H groups in total. The van der Waals surface area contributed by atoms with Gasteiger partial charge in [-0.15, -0.1) is 0 Å². The van der Waals surface area contributed by atoms with Crippen molar-refractivity contribution in [2.75, 3.05) is 5.73 Å². The summed E-state index contributed by atoms with van der Waals surface area (Å²) in [7, 11) is 0. The molecule has 0 amide bonds. The van der Waals surface area contributed by atoms with Gasteiger partial charge >= 0.3 is 5.56 Å². The summed E-state index contributed by atoms with van der Waals surface area (Å²) in [5.41, 5.74) is 6.18. The molecule has 1 heterocycles. The monoisotopic (exact) mass is 285 g/mol. The topological polar surface area (TPSA) is 87.2 Å². The molecule has 0 aliphatic heterocycles. The first kappa shape index (κ1) is 13.4. The standard InChI is InChI=1S/C15H15N3O3/c1-9(19)12-8-10(16)2-5-13(12)21-14-15(20)18(7-6-17-14)11-3-4-11/h2,5-8,11H,3-4,16H2,1H3. The molecule has 0 saturated heterocycles. The van der Waals surface area contributed by atoms with Crippen LogP contribution in [0.4, 0.5) is 5.69 Å². The largest absolute Gasteiger partial charge is 0.434 e. The van der Waals surface area contributed by atoms with Gasteiger partial charge in [-0.3, -0.25) is 9.59 Å². The third-order valence-electron chi connectivity index (χ3n) is 3.37. The highest BCUT2D eigenvalue weighted by Crippen LogP contribution is 2.33. The van der Waals surface area contributed by atoms with Crippen LogP contribution < -0.4 is 16.0 Å². The van der Waals surface area contributed by atoms with E-state index in [0.717, 1.165) is 12.8 Å². The van der Waals surface area contributed by atoms with Crippen LogP contribution in [0, 0.1) is 0 Å². The molecule has 1 aromatic heterocycles. The first-order valence-corrected chi connectivity index (χ1v) is 6.71. The Labute approximate surface area is 121 Å². The van der Waals surface area contributed by atoms with E-state index in [1.807, 2.05) is 0 Å². The van der Waals surface area contributed by atoms with Gasteiger partial charge in [-0.05, 0) is 38.0 Å². The van der Waals surface area contributed by atoms with Crippen LogP contribution in [0.3, 0.4) is 0 Å². The number of ether oxygens (including phenoxy) is 1. The van der Waals surface area contributed by atoms with Crippen molar-refractivity contribution in [3.8, 4) is 11.6 Å². The Morgan fingerprint density at radius 2 is 2.19 bits per heavy atom. The molecular formula is C15H15N3O3. The Hall–Kier alpha value is -2.63. The fraction of sp³-hybridized carbons (Fsp3) is 0.267. The van der Waals surface area contributed by atoms with Crippen LogP contribution in [0.5, 0.6) is 11.6 Å². The van der Waals surface area contributed by atoms with Crippen LogP contribution in [0.2, 0.25) is 0 Å². The Morgan fingerprint density at radius 3 is 2.86 bits per heavy atom. The first-order valence-electron chi connectivity index (χ1n) is 6.71. The van der Waals surface area contributed by atoms with Crippen molar-refractivity contribution in [1.29, 1.82) is 0 Å². The average molecular weight is 285 g/mol. The Bertz CT molecular complexity index is 763.